The molecule has 0 unspecified atom stereocenters. The first-order valence-electron chi connectivity index (χ1n) is 15.8. The van der Waals surface area contributed by atoms with E-state index in [1.54, 1.807) is 24.3 Å². The van der Waals surface area contributed by atoms with E-state index in [2.05, 4.69) is 116 Å². The maximum atomic E-state index is 13.4. The van der Waals surface area contributed by atoms with E-state index in [0.717, 1.165) is 24.2 Å². The second-order valence-electron chi connectivity index (χ2n) is 12.3. The minimum Gasteiger partial charge on any atom is -0.233 e. The molecule has 0 fully saturated rings. The summed E-state index contributed by atoms with van der Waals surface area (Å²) >= 11 is 0. The van der Waals surface area contributed by atoms with Gasteiger partial charge in [-0.2, -0.15) is 0 Å². The fourth-order valence-corrected chi connectivity index (χ4v) is 7.52. The number of hydrogen-bond acceptors (Lipinski definition) is 2. The predicted molar refractivity (Wildman–Crippen MR) is 181 cm³/mol. The van der Waals surface area contributed by atoms with Crippen LogP contribution in [0.3, 0.4) is 0 Å². The van der Waals surface area contributed by atoms with Crippen LogP contribution in [0.5, 0.6) is 0 Å². The quantitative estimate of drug-likeness (QED) is 0.178. The van der Waals surface area contributed by atoms with Gasteiger partial charge in [0.25, 0.3) is 0 Å². The largest absolute Gasteiger partial charge is 0.244 e. The van der Waals surface area contributed by atoms with E-state index in [4.69, 9.17) is 0 Å². The van der Waals surface area contributed by atoms with Crippen molar-refractivity contribution in [2.45, 2.75) is 36.0 Å². The summed E-state index contributed by atoms with van der Waals surface area (Å²) in [6, 6.07) is 40.7. The van der Waals surface area contributed by atoms with Crippen LogP contribution in [0.1, 0.15) is 22.3 Å². The third-order valence-electron chi connectivity index (χ3n) is 8.86. The number of benzene rings is 5. The Morgan fingerprint density at radius 1 is 0.468 bits per heavy atom. The fraction of sp³-hybridized carbons (Fsp3) is 0.100. The van der Waals surface area contributed by atoms with Crippen molar-refractivity contribution in [2.24, 2.45) is 0 Å². The van der Waals surface area contributed by atoms with Crippen molar-refractivity contribution in [1.29, 1.82) is 0 Å². The molecule has 7 aromatic rings. The molecule has 6 nitrogen and oxygen atoms in total. The molecule has 0 radical (unpaired) electrons. The maximum Gasteiger partial charge on any atom is 0.244 e. The smallest absolute Gasteiger partial charge is 0.233 e. The van der Waals surface area contributed by atoms with E-state index >= 15 is 0 Å². The van der Waals surface area contributed by atoms with Crippen molar-refractivity contribution in [3.8, 4) is 22.3 Å². The van der Waals surface area contributed by atoms with Gasteiger partial charge in [-0.3, -0.25) is 0 Å². The molecule has 0 amide bonds. The van der Waals surface area contributed by atoms with E-state index in [1.807, 2.05) is 36.7 Å². The molecule has 0 atom stereocenters. The van der Waals surface area contributed by atoms with Gasteiger partial charge in [0.1, 0.15) is 51.0 Å². The van der Waals surface area contributed by atoms with Crippen LogP contribution in [0, 0.1) is 0 Å². The lowest BCUT2D eigenvalue weighted by molar-refractivity contribution is -0.688. The topological polar surface area (TPSA) is 51.8 Å². The average Bonchev–Trinajstić information content (AvgIpc) is 3.74. The molecule has 7 heteroatoms. The average molecular weight is 635 g/mol. The fourth-order valence-electron chi connectivity index (χ4n) is 6.26. The summed E-state index contributed by atoms with van der Waals surface area (Å²) in [5.41, 5.74) is 9.29. The van der Waals surface area contributed by atoms with Crippen LogP contribution < -0.4 is 9.13 Å². The number of rotatable bonds is 0. The highest BCUT2D eigenvalue weighted by Gasteiger charge is 2.18. The molecule has 9 heterocycles. The van der Waals surface area contributed by atoms with Gasteiger partial charge < -0.3 is 0 Å². The van der Waals surface area contributed by atoms with Gasteiger partial charge in [-0.1, -0.05) is 91.0 Å². The van der Waals surface area contributed by atoms with Crippen LogP contribution in [0.2, 0.25) is 0 Å². The summed E-state index contributed by atoms with van der Waals surface area (Å²) in [7, 11) is -3.62. The molecule has 0 saturated carbocycles. The first-order valence-corrected chi connectivity index (χ1v) is 17.2. The Hall–Kier alpha value is -5.53. The summed E-state index contributed by atoms with van der Waals surface area (Å²) in [5, 5.41) is 0. The number of sulfone groups is 1. The highest BCUT2D eigenvalue weighted by atomic mass is 32.2. The van der Waals surface area contributed by atoms with Crippen molar-refractivity contribution < 1.29 is 17.6 Å². The zero-order chi connectivity index (χ0) is 31.8. The lowest BCUT2D eigenvalue weighted by atomic mass is 9.98. The van der Waals surface area contributed by atoms with Gasteiger partial charge in [0.2, 0.25) is 22.5 Å². The summed E-state index contributed by atoms with van der Waals surface area (Å²) in [4.78, 5) is 0.594. The summed E-state index contributed by atoms with van der Waals surface area (Å²) in [5.74, 6) is 0. The molecule has 0 saturated heterocycles. The van der Waals surface area contributed by atoms with Crippen LogP contribution in [0.4, 0.5) is 0 Å². The number of aromatic nitrogens is 4. The summed E-state index contributed by atoms with van der Waals surface area (Å²) in [6.07, 6.45) is 12.4. The molecular formula is C40H34N4O2S+2. The van der Waals surface area contributed by atoms with Gasteiger partial charge in [0.05, 0.1) is 9.79 Å². The summed E-state index contributed by atoms with van der Waals surface area (Å²) < 4.78 is 35.4. The lowest BCUT2D eigenvalue weighted by Gasteiger charge is -2.08. The Balaban J connectivity index is 1.12. The van der Waals surface area contributed by atoms with Crippen molar-refractivity contribution in [2.75, 3.05) is 0 Å². The van der Waals surface area contributed by atoms with Gasteiger partial charge >= 0.3 is 0 Å². The van der Waals surface area contributed by atoms with Crippen molar-refractivity contribution >= 4 is 9.84 Å². The van der Waals surface area contributed by atoms with E-state index in [0.29, 0.717) is 22.9 Å². The van der Waals surface area contributed by atoms with Gasteiger partial charge in [-0.15, -0.1) is 0 Å². The van der Waals surface area contributed by atoms with E-state index in [9.17, 15) is 8.42 Å². The molecule has 0 aliphatic carbocycles. The number of imidazole rings is 2. The first kappa shape index (κ1) is 28.9. The monoisotopic (exact) mass is 634 g/mol. The van der Waals surface area contributed by atoms with Crippen LogP contribution >= 0.6 is 0 Å². The van der Waals surface area contributed by atoms with Crippen LogP contribution in [-0.2, 0) is 36.0 Å². The summed E-state index contributed by atoms with van der Waals surface area (Å²) in [6.45, 7) is 2.83. The molecule has 7 aliphatic heterocycles. The first-order chi connectivity index (χ1) is 22.9. The molecule has 230 valence electrons. The minimum atomic E-state index is -3.62. The van der Waals surface area contributed by atoms with Crippen molar-refractivity contribution in [3.05, 3.63) is 181 Å². The molecule has 0 spiro atoms. The molecule has 47 heavy (non-hydrogen) atoms. The van der Waals surface area contributed by atoms with Gasteiger partial charge in [-0.05, 0) is 74.8 Å². The van der Waals surface area contributed by atoms with Crippen molar-refractivity contribution in [3.63, 3.8) is 0 Å². The lowest BCUT2D eigenvalue weighted by Crippen LogP contribution is -2.31. The number of hydrogen-bond donors (Lipinski definition) is 0. The minimum absolute atomic E-state index is 0.297. The highest BCUT2D eigenvalue weighted by Crippen LogP contribution is 2.27. The van der Waals surface area contributed by atoms with Crippen LogP contribution in [0.15, 0.2) is 169 Å². The van der Waals surface area contributed by atoms with Gasteiger partial charge in [0, 0.05) is 0 Å². The number of nitrogens with zero attached hydrogens (tertiary/aromatic N) is 4. The highest BCUT2D eigenvalue weighted by molar-refractivity contribution is 7.91. The molecular weight excluding hydrogens is 601 g/mol. The Bertz CT molecular complexity index is 2130. The molecule has 14 rings (SSSR count). The van der Waals surface area contributed by atoms with Gasteiger partial charge in [-0.25, -0.2) is 26.7 Å². The molecule has 5 aromatic carbocycles. The van der Waals surface area contributed by atoms with E-state index in [1.165, 1.54) is 33.4 Å². The zero-order valence-corrected chi connectivity index (χ0v) is 26.7. The SMILES string of the molecule is O=S1(=O)c2ccc(cc2)Cn2cc[n+](c2)Cc2ccc(cc2)-c2cccc(c2)-c2ccc(cc2)C[n+]2ccn(c2)Cc2ccc1cc2. The zero-order valence-electron chi connectivity index (χ0n) is 25.9. The maximum absolute atomic E-state index is 13.4. The Morgan fingerprint density at radius 2 is 0.872 bits per heavy atom. The third kappa shape index (κ3) is 6.18. The second-order valence-corrected chi connectivity index (χ2v) is 14.2. The standard InChI is InChI=1S/C40H34N4O2S/c45-47(46)39-16-8-33(9-17-39)27-43-22-20-41(29-43)25-31-4-12-35(13-5-31)37-2-1-3-38(24-37)36-14-6-32(7-15-36)26-42-21-23-44(30-42)28-34-10-18-40(47)19-11-34/h1-24,29-30H,25-28H2/q+2. The van der Waals surface area contributed by atoms with Gasteiger partial charge in [0.15, 0.2) is 0 Å². The van der Waals surface area contributed by atoms with E-state index < -0.39 is 9.84 Å². The molecule has 7 aliphatic rings. The molecule has 14 bridgehead atoms. The van der Waals surface area contributed by atoms with Crippen LogP contribution in [-0.4, -0.2) is 17.6 Å². The Labute approximate surface area is 275 Å². The Kier molecular flexibility index (Phi) is 7.38. The Morgan fingerprint density at radius 3 is 1.30 bits per heavy atom. The van der Waals surface area contributed by atoms with Crippen molar-refractivity contribution in [1.82, 2.24) is 9.13 Å². The second kappa shape index (κ2) is 12.0. The van der Waals surface area contributed by atoms with E-state index in [-0.39, 0.29) is 0 Å². The van der Waals surface area contributed by atoms with Crippen LogP contribution in [0.25, 0.3) is 22.3 Å². The molecule has 0 N–H and O–H groups in total. The molecule has 2 aromatic heterocycles. The third-order valence-corrected chi connectivity index (χ3v) is 10.6. The normalized spacial score (nSPS) is 14.0. The predicted octanol–water partition coefficient (Wildman–Crippen LogP) is 6.54.